The molecule has 1 atom stereocenters. The second kappa shape index (κ2) is 5.82. The van der Waals surface area contributed by atoms with Gasteiger partial charge >= 0.3 is 0 Å². The van der Waals surface area contributed by atoms with Crippen LogP contribution in [-0.4, -0.2) is 32.3 Å². The summed E-state index contributed by atoms with van der Waals surface area (Å²) in [6, 6.07) is 6.67. The predicted octanol–water partition coefficient (Wildman–Crippen LogP) is 1.16. The molecule has 1 aromatic rings. The van der Waals surface area contributed by atoms with Gasteiger partial charge in [-0.2, -0.15) is 0 Å². The molecule has 0 aliphatic carbocycles. The van der Waals surface area contributed by atoms with Crippen molar-refractivity contribution in [2.45, 2.75) is 12.5 Å². The molecule has 1 aliphatic rings. The molecule has 0 aromatic heterocycles. The Morgan fingerprint density at radius 3 is 2.88 bits per heavy atom. The molecule has 0 bridgehead atoms. The van der Waals surface area contributed by atoms with Crippen molar-refractivity contribution in [1.29, 1.82) is 0 Å². The Bertz CT molecular complexity index is 309. The van der Waals surface area contributed by atoms with E-state index in [1.807, 2.05) is 0 Å². The van der Waals surface area contributed by atoms with Crippen molar-refractivity contribution in [3.63, 3.8) is 0 Å². The van der Waals surface area contributed by atoms with E-state index in [1.165, 1.54) is 18.6 Å². The van der Waals surface area contributed by atoms with Crippen molar-refractivity contribution >= 4 is 0 Å². The molecule has 2 N–H and O–H groups in total. The Morgan fingerprint density at radius 1 is 1.38 bits per heavy atom. The summed E-state index contributed by atoms with van der Waals surface area (Å²) in [7, 11) is 0. The average molecular weight is 224 g/mol. The van der Waals surface area contributed by atoms with Crippen molar-refractivity contribution in [2.75, 3.05) is 26.2 Å². The summed E-state index contributed by atoms with van der Waals surface area (Å²) in [4.78, 5) is 0. The number of hydrogen-bond donors (Lipinski definition) is 2. The van der Waals surface area contributed by atoms with E-state index in [9.17, 15) is 4.39 Å². The Morgan fingerprint density at radius 2 is 2.19 bits per heavy atom. The molecule has 0 radical (unpaired) electrons. The van der Waals surface area contributed by atoms with E-state index >= 15 is 0 Å². The lowest BCUT2D eigenvalue weighted by atomic mass is 10.3. The van der Waals surface area contributed by atoms with Crippen LogP contribution in [0.1, 0.15) is 6.42 Å². The molecule has 1 unspecified atom stereocenters. The molecule has 4 heteroatoms. The summed E-state index contributed by atoms with van der Waals surface area (Å²) >= 11 is 0. The monoisotopic (exact) mass is 224 g/mol. The molecule has 0 saturated carbocycles. The van der Waals surface area contributed by atoms with Crippen LogP contribution in [0.5, 0.6) is 5.75 Å². The summed E-state index contributed by atoms with van der Waals surface area (Å²) in [6.45, 7) is 3.57. The number of nitrogens with one attached hydrogen (secondary N) is 2. The average Bonchev–Trinajstić information content (AvgIpc) is 2.80. The largest absolute Gasteiger partial charge is 0.492 e. The lowest BCUT2D eigenvalue weighted by Crippen LogP contribution is -2.34. The molecule has 1 fully saturated rings. The lowest BCUT2D eigenvalue weighted by Gasteiger charge is -2.11. The highest BCUT2D eigenvalue weighted by atomic mass is 19.1. The first-order valence-electron chi connectivity index (χ1n) is 5.67. The number of halogens is 1. The van der Waals surface area contributed by atoms with E-state index in [0.717, 1.165) is 19.6 Å². The van der Waals surface area contributed by atoms with Gasteiger partial charge in [-0.3, -0.25) is 0 Å². The van der Waals surface area contributed by atoms with Gasteiger partial charge in [0.1, 0.15) is 18.2 Å². The molecule has 16 heavy (non-hydrogen) atoms. The molecule has 0 spiro atoms. The van der Waals surface area contributed by atoms with Gasteiger partial charge in [0.2, 0.25) is 0 Å². The SMILES string of the molecule is Fc1ccc(OCCNC2CCNC2)cc1. The van der Waals surface area contributed by atoms with Crippen LogP contribution in [0.15, 0.2) is 24.3 Å². The molecule has 1 aromatic carbocycles. The topological polar surface area (TPSA) is 33.3 Å². The summed E-state index contributed by atoms with van der Waals surface area (Å²) in [6.07, 6.45) is 1.18. The van der Waals surface area contributed by atoms with Crippen molar-refractivity contribution in [3.8, 4) is 5.75 Å². The van der Waals surface area contributed by atoms with Gasteiger partial charge in [-0.05, 0) is 37.2 Å². The van der Waals surface area contributed by atoms with Crippen LogP contribution in [0, 0.1) is 5.82 Å². The smallest absolute Gasteiger partial charge is 0.123 e. The van der Waals surface area contributed by atoms with E-state index in [1.54, 1.807) is 12.1 Å². The fourth-order valence-corrected chi connectivity index (χ4v) is 1.79. The molecule has 1 aliphatic heterocycles. The molecule has 88 valence electrons. The highest BCUT2D eigenvalue weighted by Crippen LogP contribution is 2.10. The van der Waals surface area contributed by atoms with Crippen molar-refractivity contribution in [3.05, 3.63) is 30.1 Å². The summed E-state index contributed by atoms with van der Waals surface area (Å²) in [5.41, 5.74) is 0. The maximum atomic E-state index is 12.6. The van der Waals surface area contributed by atoms with Gasteiger partial charge in [0.15, 0.2) is 0 Å². The van der Waals surface area contributed by atoms with Crippen LogP contribution in [0.25, 0.3) is 0 Å². The number of rotatable bonds is 5. The van der Waals surface area contributed by atoms with Gasteiger partial charge in [0, 0.05) is 19.1 Å². The van der Waals surface area contributed by atoms with Crippen molar-refractivity contribution in [1.82, 2.24) is 10.6 Å². The van der Waals surface area contributed by atoms with Crippen LogP contribution >= 0.6 is 0 Å². The summed E-state index contributed by atoms with van der Waals surface area (Å²) in [5.74, 6) is 0.482. The third-order valence-corrected chi connectivity index (χ3v) is 2.68. The molecule has 2 rings (SSSR count). The lowest BCUT2D eigenvalue weighted by molar-refractivity contribution is 0.306. The van der Waals surface area contributed by atoms with Crippen LogP contribution < -0.4 is 15.4 Å². The minimum Gasteiger partial charge on any atom is -0.492 e. The first-order valence-corrected chi connectivity index (χ1v) is 5.67. The zero-order chi connectivity index (χ0) is 11.2. The third kappa shape index (κ3) is 3.47. The Labute approximate surface area is 95.0 Å². The Kier molecular flexibility index (Phi) is 4.13. The zero-order valence-electron chi connectivity index (χ0n) is 9.21. The Hall–Kier alpha value is -1.13. The Balaban J connectivity index is 1.62. The highest BCUT2D eigenvalue weighted by molar-refractivity contribution is 5.21. The molecular formula is C12H17FN2O. The van der Waals surface area contributed by atoms with E-state index in [2.05, 4.69) is 10.6 Å². The maximum absolute atomic E-state index is 12.6. The molecular weight excluding hydrogens is 207 g/mol. The highest BCUT2D eigenvalue weighted by Gasteiger charge is 2.12. The van der Waals surface area contributed by atoms with Crippen molar-refractivity contribution in [2.24, 2.45) is 0 Å². The van der Waals surface area contributed by atoms with E-state index in [-0.39, 0.29) is 5.82 Å². The second-order valence-corrected chi connectivity index (χ2v) is 3.95. The predicted molar refractivity (Wildman–Crippen MR) is 61.2 cm³/mol. The first kappa shape index (κ1) is 11.4. The summed E-state index contributed by atoms with van der Waals surface area (Å²) < 4.78 is 18.1. The van der Waals surface area contributed by atoms with E-state index in [4.69, 9.17) is 4.74 Å². The fourth-order valence-electron chi connectivity index (χ4n) is 1.79. The van der Waals surface area contributed by atoms with Crippen molar-refractivity contribution < 1.29 is 9.13 Å². The van der Waals surface area contributed by atoms with Gasteiger partial charge < -0.3 is 15.4 Å². The third-order valence-electron chi connectivity index (χ3n) is 2.68. The van der Waals surface area contributed by atoms with Gasteiger partial charge in [-0.1, -0.05) is 0 Å². The molecule has 0 amide bonds. The number of hydrogen-bond acceptors (Lipinski definition) is 3. The minimum atomic E-state index is -0.234. The molecule has 1 heterocycles. The summed E-state index contributed by atoms with van der Waals surface area (Å²) in [5, 5.41) is 6.69. The van der Waals surface area contributed by atoms with Gasteiger partial charge in [0.05, 0.1) is 0 Å². The standard InChI is InChI=1S/C12H17FN2O/c13-10-1-3-12(4-2-10)16-8-7-15-11-5-6-14-9-11/h1-4,11,14-15H,5-9H2. The van der Waals surface area contributed by atoms with Crippen LogP contribution in [0.3, 0.4) is 0 Å². The number of ether oxygens (including phenoxy) is 1. The fraction of sp³-hybridized carbons (Fsp3) is 0.500. The van der Waals surface area contributed by atoms with E-state index in [0.29, 0.717) is 18.4 Å². The van der Waals surface area contributed by atoms with Crippen LogP contribution in [0.2, 0.25) is 0 Å². The maximum Gasteiger partial charge on any atom is 0.123 e. The number of benzene rings is 1. The zero-order valence-corrected chi connectivity index (χ0v) is 9.21. The van der Waals surface area contributed by atoms with Gasteiger partial charge in [-0.15, -0.1) is 0 Å². The van der Waals surface area contributed by atoms with Crippen LogP contribution in [-0.2, 0) is 0 Å². The normalized spacial score (nSPS) is 19.9. The first-order chi connectivity index (χ1) is 7.84. The second-order valence-electron chi connectivity index (χ2n) is 3.95. The molecule has 3 nitrogen and oxygen atoms in total. The minimum absolute atomic E-state index is 0.234. The van der Waals surface area contributed by atoms with Crippen LogP contribution in [0.4, 0.5) is 4.39 Å². The van der Waals surface area contributed by atoms with Gasteiger partial charge in [0.25, 0.3) is 0 Å². The molecule has 1 saturated heterocycles. The van der Waals surface area contributed by atoms with Gasteiger partial charge in [-0.25, -0.2) is 4.39 Å². The van der Waals surface area contributed by atoms with E-state index < -0.39 is 0 Å². The quantitative estimate of drug-likeness (QED) is 0.736.